The third kappa shape index (κ3) is 4.42. The SMILES string of the molecule is C=CCc1c(C(=O)c2ccc(OC)c(OC)c2)ccc(OC)c1OC(C)C. The van der Waals surface area contributed by atoms with Crippen molar-refractivity contribution >= 4 is 5.78 Å². The van der Waals surface area contributed by atoms with Gasteiger partial charge in [-0.15, -0.1) is 6.58 Å². The summed E-state index contributed by atoms with van der Waals surface area (Å²) in [6.07, 6.45) is 2.16. The molecule has 2 aromatic carbocycles. The molecule has 2 aromatic rings. The molecule has 0 aliphatic heterocycles. The number of ketones is 1. The van der Waals surface area contributed by atoms with Crippen LogP contribution in [0.2, 0.25) is 0 Å². The number of methoxy groups -OCH3 is 3. The zero-order valence-corrected chi connectivity index (χ0v) is 16.5. The van der Waals surface area contributed by atoms with Crippen molar-refractivity contribution in [2.24, 2.45) is 0 Å². The van der Waals surface area contributed by atoms with Crippen LogP contribution >= 0.6 is 0 Å². The first-order valence-corrected chi connectivity index (χ1v) is 8.70. The lowest BCUT2D eigenvalue weighted by Crippen LogP contribution is -2.13. The minimum Gasteiger partial charge on any atom is -0.493 e. The Labute approximate surface area is 160 Å². The summed E-state index contributed by atoms with van der Waals surface area (Å²) < 4.78 is 22.0. The summed E-state index contributed by atoms with van der Waals surface area (Å²) in [7, 11) is 4.67. The van der Waals surface area contributed by atoms with E-state index in [0.29, 0.717) is 40.5 Å². The van der Waals surface area contributed by atoms with Crippen molar-refractivity contribution in [2.45, 2.75) is 26.4 Å². The van der Waals surface area contributed by atoms with Gasteiger partial charge in [-0.1, -0.05) is 6.08 Å². The first-order valence-electron chi connectivity index (χ1n) is 8.70. The fraction of sp³-hybridized carbons (Fsp3) is 0.318. The number of rotatable bonds is 9. The van der Waals surface area contributed by atoms with Crippen LogP contribution in [-0.4, -0.2) is 33.2 Å². The highest BCUT2D eigenvalue weighted by atomic mass is 16.5. The second-order valence-electron chi connectivity index (χ2n) is 6.18. The zero-order chi connectivity index (χ0) is 20.0. The molecule has 0 saturated carbocycles. The first-order chi connectivity index (χ1) is 13.0. The molecule has 0 heterocycles. The molecule has 0 aliphatic carbocycles. The monoisotopic (exact) mass is 370 g/mol. The van der Waals surface area contributed by atoms with Crippen LogP contribution in [0.25, 0.3) is 0 Å². The predicted octanol–water partition coefficient (Wildman–Crippen LogP) is 4.46. The molecule has 0 unspecified atom stereocenters. The van der Waals surface area contributed by atoms with E-state index in [1.165, 1.54) is 7.11 Å². The topological polar surface area (TPSA) is 54.0 Å². The van der Waals surface area contributed by atoms with Crippen LogP contribution < -0.4 is 18.9 Å². The van der Waals surface area contributed by atoms with Crippen LogP contribution in [0.4, 0.5) is 0 Å². The number of hydrogen-bond acceptors (Lipinski definition) is 5. The molecular weight excluding hydrogens is 344 g/mol. The van der Waals surface area contributed by atoms with Crippen LogP contribution in [0.5, 0.6) is 23.0 Å². The van der Waals surface area contributed by atoms with Gasteiger partial charge >= 0.3 is 0 Å². The van der Waals surface area contributed by atoms with Gasteiger partial charge in [0, 0.05) is 16.7 Å². The second kappa shape index (κ2) is 9.12. The molecule has 0 spiro atoms. The van der Waals surface area contributed by atoms with Crippen molar-refractivity contribution in [1.29, 1.82) is 0 Å². The van der Waals surface area contributed by atoms with Gasteiger partial charge < -0.3 is 18.9 Å². The number of carbonyl (C=O) groups is 1. The Morgan fingerprint density at radius 2 is 1.63 bits per heavy atom. The largest absolute Gasteiger partial charge is 0.493 e. The van der Waals surface area contributed by atoms with E-state index in [1.807, 2.05) is 13.8 Å². The highest BCUT2D eigenvalue weighted by Crippen LogP contribution is 2.37. The van der Waals surface area contributed by atoms with Crippen molar-refractivity contribution in [2.75, 3.05) is 21.3 Å². The van der Waals surface area contributed by atoms with E-state index in [9.17, 15) is 4.79 Å². The molecule has 5 heteroatoms. The summed E-state index contributed by atoms with van der Waals surface area (Å²) in [6.45, 7) is 7.67. The molecule has 0 aliphatic rings. The number of hydrogen-bond donors (Lipinski definition) is 0. The van der Waals surface area contributed by atoms with E-state index >= 15 is 0 Å². The van der Waals surface area contributed by atoms with Crippen LogP contribution in [0.15, 0.2) is 43.0 Å². The maximum absolute atomic E-state index is 13.2. The van der Waals surface area contributed by atoms with Crippen LogP contribution in [0, 0.1) is 0 Å². The first kappa shape index (κ1) is 20.4. The lowest BCUT2D eigenvalue weighted by atomic mass is 9.95. The van der Waals surface area contributed by atoms with Gasteiger partial charge in [0.05, 0.1) is 27.4 Å². The number of benzene rings is 2. The lowest BCUT2D eigenvalue weighted by Gasteiger charge is -2.19. The van der Waals surface area contributed by atoms with Gasteiger partial charge in [-0.2, -0.15) is 0 Å². The Balaban J connectivity index is 2.59. The van der Waals surface area contributed by atoms with Gasteiger partial charge in [-0.05, 0) is 50.6 Å². The van der Waals surface area contributed by atoms with E-state index in [4.69, 9.17) is 18.9 Å². The standard InChI is InChI=1S/C22H26O5/c1-7-8-17-16(10-12-19(25-5)22(17)27-14(2)3)21(23)15-9-11-18(24-4)20(13-15)26-6/h7,9-14H,1,8H2,2-6H3. The summed E-state index contributed by atoms with van der Waals surface area (Å²) >= 11 is 0. The van der Waals surface area contributed by atoms with Crippen LogP contribution in [-0.2, 0) is 6.42 Å². The second-order valence-corrected chi connectivity index (χ2v) is 6.18. The summed E-state index contributed by atoms with van der Waals surface area (Å²) in [5.74, 6) is 2.09. The van der Waals surface area contributed by atoms with Gasteiger partial charge in [0.25, 0.3) is 0 Å². The van der Waals surface area contributed by atoms with Gasteiger partial charge in [-0.3, -0.25) is 4.79 Å². The number of carbonyl (C=O) groups excluding carboxylic acids is 1. The smallest absolute Gasteiger partial charge is 0.193 e. The molecule has 0 bridgehead atoms. The van der Waals surface area contributed by atoms with Gasteiger partial charge in [0.15, 0.2) is 28.8 Å². The molecule has 0 radical (unpaired) electrons. The van der Waals surface area contributed by atoms with Crippen molar-refractivity contribution in [1.82, 2.24) is 0 Å². The van der Waals surface area contributed by atoms with Crippen LogP contribution in [0.3, 0.4) is 0 Å². The summed E-state index contributed by atoms with van der Waals surface area (Å²) in [5, 5.41) is 0. The van der Waals surface area contributed by atoms with Gasteiger partial charge in [-0.25, -0.2) is 0 Å². The van der Waals surface area contributed by atoms with E-state index < -0.39 is 0 Å². The third-order valence-corrected chi connectivity index (χ3v) is 4.04. The predicted molar refractivity (Wildman–Crippen MR) is 106 cm³/mol. The molecule has 0 aromatic heterocycles. The van der Waals surface area contributed by atoms with Gasteiger partial charge in [0.1, 0.15) is 0 Å². The molecule has 0 amide bonds. The van der Waals surface area contributed by atoms with Crippen molar-refractivity contribution in [3.8, 4) is 23.0 Å². The Kier molecular flexibility index (Phi) is 6.88. The Bertz CT molecular complexity index is 824. The average Bonchev–Trinajstić information content (AvgIpc) is 2.67. The van der Waals surface area contributed by atoms with Gasteiger partial charge in [0.2, 0.25) is 0 Å². The number of allylic oxidation sites excluding steroid dienone is 1. The van der Waals surface area contributed by atoms with E-state index in [2.05, 4.69) is 6.58 Å². The normalized spacial score (nSPS) is 10.4. The highest BCUT2D eigenvalue weighted by molar-refractivity contribution is 6.10. The summed E-state index contributed by atoms with van der Waals surface area (Å²) in [6, 6.07) is 8.61. The average molecular weight is 370 g/mol. The molecule has 2 rings (SSSR count). The quantitative estimate of drug-likeness (QED) is 0.482. The minimum atomic E-state index is -0.135. The van der Waals surface area contributed by atoms with Crippen molar-refractivity contribution in [3.63, 3.8) is 0 Å². The lowest BCUT2D eigenvalue weighted by molar-refractivity contribution is 0.103. The molecule has 144 valence electrons. The molecular formula is C22H26O5. The van der Waals surface area contributed by atoms with E-state index in [1.54, 1.807) is 50.6 Å². The Morgan fingerprint density at radius 3 is 2.19 bits per heavy atom. The fourth-order valence-electron chi connectivity index (χ4n) is 2.82. The molecule has 5 nitrogen and oxygen atoms in total. The summed E-state index contributed by atoms with van der Waals surface area (Å²) in [5.41, 5.74) is 1.79. The Hall–Kier alpha value is -2.95. The fourth-order valence-corrected chi connectivity index (χ4v) is 2.82. The van der Waals surface area contributed by atoms with E-state index in [0.717, 1.165) is 5.56 Å². The van der Waals surface area contributed by atoms with Crippen LogP contribution in [0.1, 0.15) is 35.3 Å². The third-order valence-electron chi connectivity index (χ3n) is 4.04. The van der Waals surface area contributed by atoms with E-state index in [-0.39, 0.29) is 11.9 Å². The zero-order valence-electron chi connectivity index (χ0n) is 16.5. The number of ether oxygens (including phenoxy) is 4. The Morgan fingerprint density at radius 1 is 1.00 bits per heavy atom. The maximum Gasteiger partial charge on any atom is 0.193 e. The molecule has 0 saturated heterocycles. The molecule has 0 fully saturated rings. The van der Waals surface area contributed by atoms with Crippen molar-refractivity contribution in [3.05, 3.63) is 59.7 Å². The minimum absolute atomic E-state index is 0.0612. The maximum atomic E-state index is 13.2. The molecule has 27 heavy (non-hydrogen) atoms. The summed E-state index contributed by atoms with van der Waals surface area (Å²) in [4.78, 5) is 13.2. The highest BCUT2D eigenvalue weighted by Gasteiger charge is 2.22. The molecule has 0 atom stereocenters. The molecule has 0 N–H and O–H groups in total. The van der Waals surface area contributed by atoms with Crippen molar-refractivity contribution < 1.29 is 23.7 Å².